The average Bonchev–Trinajstić information content (AvgIpc) is 3.06. The van der Waals surface area contributed by atoms with Gasteiger partial charge in [-0.25, -0.2) is 0 Å². The number of aryl methyl sites for hydroxylation is 1. The second-order valence-electron chi connectivity index (χ2n) is 9.01. The Morgan fingerprint density at radius 2 is 1.96 bits per heavy atom. The van der Waals surface area contributed by atoms with E-state index in [1.165, 1.54) is 71.0 Å². The minimum Gasteiger partial charge on any atom is -0.338 e. The van der Waals surface area contributed by atoms with Crippen molar-refractivity contribution in [3.05, 3.63) is 29.6 Å². The first kappa shape index (κ1) is 18.0. The van der Waals surface area contributed by atoms with Crippen LogP contribution in [0.5, 0.6) is 0 Å². The molecule has 1 saturated carbocycles. The summed E-state index contributed by atoms with van der Waals surface area (Å²) in [6.07, 6.45) is 12.6. The van der Waals surface area contributed by atoms with Crippen molar-refractivity contribution >= 4 is 5.91 Å². The van der Waals surface area contributed by atoms with Gasteiger partial charge in [-0.1, -0.05) is 19.3 Å². The van der Waals surface area contributed by atoms with E-state index in [9.17, 15) is 4.79 Å². The molecule has 26 heavy (non-hydrogen) atoms. The van der Waals surface area contributed by atoms with Crippen molar-refractivity contribution in [2.24, 2.45) is 11.3 Å². The Hall–Kier alpha value is -1.42. The molecule has 4 heteroatoms. The fraction of sp³-hybridized carbons (Fsp3) is 0.727. The first-order valence-electron chi connectivity index (χ1n) is 10.6. The van der Waals surface area contributed by atoms with Gasteiger partial charge in [0.1, 0.15) is 0 Å². The summed E-state index contributed by atoms with van der Waals surface area (Å²) in [4.78, 5) is 22.0. The van der Waals surface area contributed by atoms with Gasteiger partial charge in [0.05, 0.1) is 5.56 Å². The topological polar surface area (TPSA) is 36.4 Å². The number of carbonyl (C=O) groups excluding carboxylic acids is 1. The van der Waals surface area contributed by atoms with Crippen LogP contribution in [0.3, 0.4) is 0 Å². The number of aromatic nitrogens is 1. The van der Waals surface area contributed by atoms with Crippen LogP contribution in [0.1, 0.15) is 67.4 Å². The van der Waals surface area contributed by atoms with Crippen molar-refractivity contribution in [1.29, 1.82) is 0 Å². The summed E-state index contributed by atoms with van der Waals surface area (Å²) < 4.78 is 0. The highest BCUT2D eigenvalue weighted by atomic mass is 16.2. The molecule has 0 aromatic carbocycles. The van der Waals surface area contributed by atoms with Crippen LogP contribution in [0.25, 0.3) is 0 Å². The molecule has 4 nitrogen and oxygen atoms in total. The Labute approximate surface area is 158 Å². The predicted molar refractivity (Wildman–Crippen MR) is 104 cm³/mol. The van der Waals surface area contributed by atoms with Gasteiger partial charge < -0.3 is 9.80 Å². The van der Waals surface area contributed by atoms with Gasteiger partial charge in [-0.05, 0) is 63.6 Å². The summed E-state index contributed by atoms with van der Waals surface area (Å²) in [5.74, 6) is 1.08. The summed E-state index contributed by atoms with van der Waals surface area (Å²) in [6, 6.07) is 3.86. The lowest BCUT2D eigenvalue weighted by Crippen LogP contribution is -2.47. The van der Waals surface area contributed by atoms with Crippen LogP contribution in [0.4, 0.5) is 0 Å². The lowest BCUT2D eigenvalue weighted by Gasteiger charge is -2.42. The third-order valence-electron chi connectivity index (χ3n) is 6.87. The highest BCUT2D eigenvalue weighted by molar-refractivity contribution is 5.94. The van der Waals surface area contributed by atoms with E-state index >= 15 is 0 Å². The standard InChI is InChI=1S/C22H33N3O/c1-18-8-9-20(14-23-18)21(26)25-13-11-22(17-25)10-5-12-24(16-22)15-19-6-3-2-4-7-19/h8-9,14,19H,2-7,10-13,15-17H2,1H3/t22-/m1/s1. The molecular formula is C22H33N3O. The number of rotatable bonds is 3. The van der Waals surface area contributed by atoms with E-state index in [1.54, 1.807) is 6.20 Å². The van der Waals surface area contributed by atoms with E-state index in [0.29, 0.717) is 5.41 Å². The molecule has 0 bridgehead atoms. The molecule has 2 aliphatic heterocycles. The van der Waals surface area contributed by atoms with E-state index in [1.807, 2.05) is 19.1 Å². The maximum Gasteiger partial charge on any atom is 0.255 e. The third kappa shape index (κ3) is 3.95. The van der Waals surface area contributed by atoms with Crippen LogP contribution >= 0.6 is 0 Å². The summed E-state index contributed by atoms with van der Waals surface area (Å²) in [5, 5.41) is 0. The normalized spacial score (nSPS) is 28.0. The maximum absolute atomic E-state index is 12.9. The largest absolute Gasteiger partial charge is 0.338 e. The smallest absolute Gasteiger partial charge is 0.255 e. The van der Waals surface area contributed by atoms with Crippen LogP contribution in [0.15, 0.2) is 18.3 Å². The van der Waals surface area contributed by atoms with Gasteiger partial charge in [0.25, 0.3) is 5.91 Å². The minimum absolute atomic E-state index is 0.166. The number of amides is 1. The Balaban J connectivity index is 1.36. The summed E-state index contributed by atoms with van der Waals surface area (Å²) in [7, 11) is 0. The van der Waals surface area contributed by atoms with Crippen molar-refractivity contribution in [2.75, 3.05) is 32.7 Å². The van der Waals surface area contributed by atoms with Gasteiger partial charge in [0.2, 0.25) is 0 Å². The Kier molecular flexibility index (Phi) is 5.30. The molecule has 1 aliphatic carbocycles. The van der Waals surface area contributed by atoms with E-state index in [-0.39, 0.29) is 5.91 Å². The molecule has 142 valence electrons. The Morgan fingerprint density at radius 1 is 1.12 bits per heavy atom. The summed E-state index contributed by atoms with van der Waals surface area (Å²) in [6.45, 7) is 7.54. The Bertz CT molecular complexity index is 623. The lowest BCUT2D eigenvalue weighted by atomic mass is 9.78. The van der Waals surface area contributed by atoms with Gasteiger partial charge in [0.15, 0.2) is 0 Å². The highest BCUT2D eigenvalue weighted by Crippen LogP contribution is 2.40. The molecule has 0 unspecified atom stereocenters. The van der Waals surface area contributed by atoms with Crippen LogP contribution in [-0.2, 0) is 0 Å². The molecule has 1 aromatic heterocycles. The fourth-order valence-corrected chi connectivity index (χ4v) is 5.42. The lowest BCUT2D eigenvalue weighted by molar-refractivity contribution is 0.0630. The SMILES string of the molecule is Cc1ccc(C(=O)N2CC[C@@]3(CCCN(CC4CCCCC4)C3)C2)cn1. The van der Waals surface area contributed by atoms with Crippen LogP contribution in [0.2, 0.25) is 0 Å². The third-order valence-corrected chi connectivity index (χ3v) is 6.87. The van der Waals surface area contributed by atoms with Crippen molar-refractivity contribution < 1.29 is 4.79 Å². The van der Waals surface area contributed by atoms with E-state index in [4.69, 9.17) is 0 Å². The average molecular weight is 356 g/mol. The zero-order chi connectivity index (χ0) is 18.0. The Morgan fingerprint density at radius 3 is 2.73 bits per heavy atom. The summed E-state index contributed by atoms with van der Waals surface area (Å²) in [5.41, 5.74) is 2.04. The molecule has 0 N–H and O–H groups in total. The monoisotopic (exact) mass is 355 g/mol. The van der Waals surface area contributed by atoms with E-state index in [2.05, 4.69) is 14.8 Å². The molecule has 1 aromatic rings. The van der Waals surface area contributed by atoms with E-state index < -0.39 is 0 Å². The second kappa shape index (κ2) is 7.67. The number of hydrogen-bond acceptors (Lipinski definition) is 3. The van der Waals surface area contributed by atoms with Gasteiger partial charge >= 0.3 is 0 Å². The van der Waals surface area contributed by atoms with Crippen molar-refractivity contribution in [3.63, 3.8) is 0 Å². The van der Waals surface area contributed by atoms with E-state index in [0.717, 1.165) is 30.3 Å². The fourth-order valence-electron chi connectivity index (χ4n) is 5.42. The van der Waals surface area contributed by atoms with Crippen LogP contribution in [0, 0.1) is 18.3 Å². The van der Waals surface area contributed by atoms with Crippen LogP contribution in [-0.4, -0.2) is 53.4 Å². The molecule has 3 heterocycles. The number of likely N-dealkylation sites (tertiary alicyclic amines) is 2. The molecule has 1 amide bonds. The molecular weight excluding hydrogens is 322 g/mol. The molecule has 1 atom stereocenters. The number of carbonyl (C=O) groups is 1. The predicted octanol–water partition coefficient (Wildman–Crippen LogP) is 3.90. The maximum atomic E-state index is 12.9. The second-order valence-corrected chi connectivity index (χ2v) is 9.01. The molecule has 3 fully saturated rings. The number of piperidine rings is 1. The molecule has 0 radical (unpaired) electrons. The first-order valence-corrected chi connectivity index (χ1v) is 10.6. The van der Waals surface area contributed by atoms with Gasteiger partial charge in [-0.15, -0.1) is 0 Å². The number of hydrogen-bond donors (Lipinski definition) is 0. The van der Waals surface area contributed by atoms with Gasteiger partial charge in [-0.2, -0.15) is 0 Å². The first-order chi connectivity index (χ1) is 12.6. The molecule has 4 rings (SSSR count). The zero-order valence-electron chi connectivity index (χ0n) is 16.3. The molecule has 2 saturated heterocycles. The van der Waals surface area contributed by atoms with Gasteiger partial charge in [0, 0.05) is 43.5 Å². The van der Waals surface area contributed by atoms with Gasteiger partial charge in [-0.3, -0.25) is 9.78 Å². The quantitative estimate of drug-likeness (QED) is 0.825. The van der Waals surface area contributed by atoms with Crippen LogP contribution < -0.4 is 0 Å². The number of pyridine rings is 1. The van der Waals surface area contributed by atoms with Crippen molar-refractivity contribution in [3.8, 4) is 0 Å². The van der Waals surface area contributed by atoms with Crippen molar-refractivity contribution in [1.82, 2.24) is 14.8 Å². The van der Waals surface area contributed by atoms with Crippen molar-refractivity contribution in [2.45, 2.75) is 58.3 Å². The summed E-state index contributed by atoms with van der Waals surface area (Å²) >= 11 is 0. The minimum atomic E-state index is 0.166. The number of nitrogens with zero attached hydrogens (tertiary/aromatic N) is 3. The highest BCUT2D eigenvalue weighted by Gasteiger charge is 2.43. The zero-order valence-corrected chi connectivity index (χ0v) is 16.3. The molecule has 1 spiro atoms. The molecule has 3 aliphatic rings.